The van der Waals surface area contributed by atoms with Gasteiger partial charge in [-0.2, -0.15) is 0 Å². The normalized spacial score (nSPS) is 18.6. The van der Waals surface area contributed by atoms with Gasteiger partial charge in [-0.1, -0.05) is 62.4 Å². The zero-order chi connectivity index (χ0) is 15.9. The minimum atomic E-state index is -0.0709. The van der Waals surface area contributed by atoms with E-state index in [2.05, 4.69) is 13.0 Å². The van der Waals surface area contributed by atoms with Crippen molar-refractivity contribution in [3.05, 3.63) is 59.7 Å². The number of benzene rings is 1. The molecule has 1 aromatic carbocycles. The molecule has 0 aliphatic heterocycles. The second-order valence-corrected chi connectivity index (χ2v) is 6.03. The highest BCUT2D eigenvalue weighted by atomic mass is 16.1. The first-order valence-corrected chi connectivity index (χ1v) is 8.12. The number of allylic oxidation sites excluding steroid dienone is 4. The molecule has 1 aromatic rings. The number of Topliss-reactive ketones (excluding diaryl/α,β-unsaturated/α-hetero) is 2. The quantitative estimate of drug-likeness (QED) is 0.679. The Morgan fingerprint density at radius 2 is 1.95 bits per heavy atom. The summed E-state index contributed by atoms with van der Waals surface area (Å²) >= 11 is 0. The summed E-state index contributed by atoms with van der Waals surface area (Å²) in [5.74, 6) is 0.748. The molecule has 0 saturated carbocycles. The molecule has 2 atom stereocenters. The lowest BCUT2D eigenvalue weighted by molar-refractivity contribution is -0.115. The van der Waals surface area contributed by atoms with Gasteiger partial charge in [0.1, 0.15) is 0 Å². The maximum absolute atomic E-state index is 12.5. The zero-order valence-corrected chi connectivity index (χ0v) is 13.4. The van der Waals surface area contributed by atoms with Gasteiger partial charge in [-0.25, -0.2) is 0 Å². The molecular weight excluding hydrogens is 272 g/mol. The van der Waals surface area contributed by atoms with Crippen LogP contribution in [0.15, 0.2) is 54.1 Å². The summed E-state index contributed by atoms with van der Waals surface area (Å²) < 4.78 is 0. The van der Waals surface area contributed by atoms with Crippen LogP contribution >= 0.6 is 0 Å². The fourth-order valence-electron chi connectivity index (χ4n) is 2.74. The fourth-order valence-corrected chi connectivity index (χ4v) is 2.74. The largest absolute Gasteiger partial charge is 0.294 e. The van der Waals surface area contributed by atoms with E-state index >= 15 is 0 Å². The number of carbonyl (C=O) groups excluding carboxylic acids is 2. The Kier molecular flexibility index (Phi) is 5.88. The third-order valence-corrected chi connectivity index (χ3v) is 4.28. The zero-order valence-electron chi connectivity index (χ0n) is 13.4. The molecule has 0 bridgehead atoms. The molecule has 22 heavy (non-hydrogen) atoms. The molecule has 0 N–H and O–H groups in total. The van der Waals surface area contributed by atoms with Gasteiger partial charge in [0.05, 0.1) is 0 Å². The summed E-state index contributed by atoms with van der Waals surface area (Å²) in [6.45, 7) is 4.15. The Bertz CT molecular complexity index is 581. The SMILES string of the molecule is CC[C@@H](CCC(=O)C1=CC[C@@H](C)C=C1)C(=O)c1ccccc1. The lowest BCUT2D eigenvalue weighted by atomic mass is 9.88. The van der Waals surface area contributed by atoms with Gasteiger partial charge in [0.2, 0.25) is 0 Å². The van der Waals surface area contributed by atoms with Crippen LogP contribution in [0, 0.1) is 11.8 Å². The van der Waals surface area contributed by atoms with Crippen molar-refractivity contribution in [1.29, 1.82) is 0 Å². The van der Waals surface area contributed by atoms with E-state index in [1.807, 2.05) is 49.4 Å². The summed E-state index contributed by atoms with van der Waals surface area (Å²) in [7, 11) is 0. The van der Waals surface area contributed by atoms with Gasteiger partial charge >= 0.3 is 0 Å². The van der Waals surface area contributed by atoms with Crippen LogP contribution in [-0.4, -0.2) is 11.6 Å². The first kappa shape index (κ1) is 16.4. The lowest BCUT2D eigenvalue weighted by Gasteiger charge is -2.15. The van der Waals surface area contributed by atoms with Crippen LogP contribution in [-0.2, 0) is 4.79 Å². The van der Waals surface area contributed by atoms with Crippen molar-refractivity contribution in [3.8, 4) is 0 Å². The minimum absolute atomic E-state index is 0.0709. The Hall–Kier alpha value is -1.96. The number of rotatable bonds is 7. The molecule has 0 unspecified atom stereocenters. The van der Waals surface area contributed by atoms with Crippen LogP contribution in [0.3, 0.4) is 0 Å². The molecule has 0 aromatic heterocycles. The van der Waals surface area contributed by atoms with Gasteiger partial charge in [0.25, 0.3) is 0 Å². The maximum atomic E-state index is 12.5. The average molecular weight is 296 g/mol. The predicted molar refractivity (Wildman–Crippen MR) is 89.8 cm³/mol. The maximum Gasteiger partial charge on any atom is 0.165 e. The van der Waals surface area contributed by atoms with Crippen molar-refractivity contribution in [2.75, 3.05) is 0 Å². The number of hydrogen-bond acceptors (Lipinski definition) is 2. The third kappa shape index (κ3) is 4.27. The number of carbonyl (C=O) groups is 2. The number of ketones is 2. The van der Waals surface area contributed by atoms with Crippen LogP contribution in [0.1, 0.15) is 49.9 Å². The fraction of sp³-hybridized carbons (Fsp3) is 0.400. The molecule has 0 saturated heterocycles. The highest BCUT2D eigenvalue weighted by Gasteiger charge is 2.20. The van der Waals surface area contributed by atoms with Crippen molar-refractivity contribution in [1.82, 2.24) is 0 Å². The van der Waals surface area contributed by atoms with E-state index in [1.165, 1.54) is 0 Å². The van der Waals surface area contributed by atoms with Crippen LogP contribution in [0.5, 0.6) is 0 Å². The van der Waals surface area contributed by atoms with Gasteiger partial charge < -0.3 is 0 Å². The topological polar surface area (TPSA) is 34.1 Å². The van der Waals surface area contributed by atoms with E-state index in [0.29, 0.717) is 18.8 Å². The van der Waals surface area contributed by atoms with E-state index < -0.39 is 0 Å². The molecule has 0 amide bonds. The highest BCUT2D eigenvalue weighted by Crippen LogP contribution is 2.21. The van der Waals surface area contributed by atoms with Gasteiger partial charge in [0.15, 0.2) is 11.6 Å². The first-order valence-electron chi connectivity index (χ1n) is 8.12. The van der Waals surface area contributed by atoms with Crippen molar-refractivity contribution in [2.45, 2.75) is 39.5 Å². The smallest absolute Gasteiger partial charge is 0.165 e. The Morgan fingerprint density at radius 3 is 2.55 bits per heavy atom. The molecule has 0 fully saturated rings. The summed E-state index contributed by atoms with van der Waals surface area (Å²) in [4.78, 5) is 24.7. The van der Waals surface area contributed by atoms with Gasteiger partial charge in [-0.15, -0.1) is 0 Å². The molecule has 0 spiro atoms. The van der Waals surface area contributed by atoms with E-state index in [0.717, 1.165) is 24.0 Å². The van der Waals surface area contributed by atoms with Crippen LogP contribution in [0.25, 0.3) is 0 Å². The summed E-state index contributed by atoms with van der Waals surface area (Å²) in [6, 6.07) is 9.36. The highest BCUT2D eigenvalue weighted by molar-refractivity contribution is 6.00. The van der Waals surface area contributed by atoms with Crippen LogP contribution < -0.4 is 0 Å². The average Bonchev–Trinajstić information content (AvgIpc) is 2.56. The Balaban J connectivity index is 1.93. The van der Waals surface area contributed by atoms with Crippen LogP contribution in [0.4, 0.5) is 0 Å². The lowest BCUT2D eigenvalue weighted by Crippen LogP contribution is -2.16. The molecule has 2 heteroatoms. The summed E-state index contributed by atoms with van der Waals surface area (Å²) in [5.41, 5.74) is 1.55. The standard InChI is InChI=1S/C20H24O2/c1-3-16(20(22)18-7-5-4-6-8-18)13-14-19(21)17-11-9-15(2)10-12-17/h4-9,11-12,15-16H,3,10,13-14H2,1-2H3/t15-,16-/m0/s1. The van der Waals surface area contributed by atoms with Gasteiger partial charge in [0, 0.05) is 23.5 Å². The van der Waals surface area contributed by atoms with E-state index in [-0.39, 0.29) is 17.5 Å². The molecule has 0 radical (unpaired) electrons. The first-order chi connectivity index (χ1) is 10.6. The van der Waals surface area contributed by atoms with Crippen molar-refractivity contribution in [3.63, 3.8) is 0 Å². The Labute approximate surface area is 132 Å². The number of hydrogen-bond donors (Lipinski definition) is 0. The molecule has 2 rings (SSSR count). The van der Waals surface area contributed by atoms with Gasteiger partial charge in [-0.05, 0) is 25.2 Å². The van der Waals surface area contributed by atoms with Crippen molar-refractivity contribution >= 4 is 11.6 Å². The van der Waals surface area contributed by atoms with Crippen LogP contribution in [0.2, 0.25) is 0 Å². The summed E-state index contributed by atoms with van der Waals surface area (Å²) in [6.07, 6.45) is 8.80. The summed E-state index contributed by atoms with van der Waals surface area (Å²) in [5, 5.41) is 0. The van der Waals surface area contributed by atoms with Crippen molar-refractivity contribution < 1.29 is 9.59 Å². The van der Waals surface area contributed by atoms with E-state index in [4.69, 9.17) is 0 Å². The predicted octanol–water partition coefficient (Wildman–Crippen LogP) is 4.77. The molecule has 1 aliphatic carbocycles. The van der Waals surface area contributed by atoms with Gasteiger partial charge in [-0.3, -0.25) is 9.59 Å². The molecule has 1 aliphatic rings. The Morgan fingerprint density at radius 1 is 1.23 bits per heavy atom. The second-order valence-electron chi connectivity index (χ2n) is 6.03. The minimum Gasteiger partial charge on any atom is -0.294 e. The van der Waals surface area contributed by atoms with E-state index in [9.17, 15) is 9.59 Å². The van der Waals surface area contributed by atoms with E-state index in [1.54, 1.807) is 0 Å². The second kappa shape index (κ2) is 7.88. The monoisotopic (exact) mass is 296 g/mol. The molecule has 0 heterocycles. The molecule has 116 valence electrons. The molecular formula is C20H24O2. The molecule has 2 nitrogen and oxygen atoms in total. The van der Waals surface area contributed by atoms with Crippen molar-refractivity contribution in [2.24, 2.45) is 11.8 Å². The third-order valence-electron chi connectivity index (χ3n) is 4.28.